The summed E-state index contributed by atoms with van der Waals surface area (Å²) in [5.41, 5.74) is 0.878. The van der Waals surface area contributed by atoms with Crippen LogP contribution in [0.5, 0.6) is 0 Å². The van der Waals surface area contributed by atoms with Crippen molar-refractivity contribution in [3.8, 4) is 0 Å². The van der Waals surface area contributed by atoms with Crippen molar-refractivity contribution < 1.29 is 8.42 Å². The van der Waals surface area contributed by atoms with Crippen LogP contribution in [0, 0.1) is 0 Å². The minimum absolute atomic E-state index is 0.140. The molecule has 0 aromatic carbocycles. The summed E-state index contributed by atoms with van der Waals surface area (Å²) < 4.78 is 25.3. The van der Waals surface area contributed by atoms with Gasteiger partial charge in [0.1, 0.15) is 0 Å². The van der Waals surface area contributed by atoms with E-state index in [0.717, 1.165) is 0 Å². The predicted octanol–water partition coefficient (Wildman–Crippen LogP) is 3.28. The summed E-state index contributed by atoms with van der Waals surface area (Å²) in [5, 5.41) is 3.05. The summed E-state index contributed by atoms with van der Waals surface area (Å²) in [6, 6.07) is 0. The van der Waals surface area contributed by atoms with Crippen molar-refractivity contribution in [2.75, 3.05) is 0 Å². The van der Waals surface area contributed by atoms with Gasteiger partial charge >= 0.3 is 0 Å². The molecule has 1 saturated heterocycles. The molecule has 1 rings (SSSR count). The summed E-state index contributed by atoms with van der Waals surface area (Å²) in [4.78, 5) is 0.281. The minimum Gasteiger partial charge on any atom is -0.353 e. The quantitative estimate of drug-likeness (QED) is 0.863. The molecule has 1 N–H and O–H groups in total. The van der Waals surface area contributed by atoms with Gasteiger partial charge < -0.3 is 5.32 Å². The molecule has 4 heteroatoms. The van der Waals surface area contributed by atoms with E-state index in [1.54, 1.807) is 12.2 Å². The second-order valence-electron chi connectivity index (χ2n) is 3.79. The molecular weight excluding hydrogens is 270 g/mol. The molecule has 0 amide bonds. The Labute approximate surface area is 120 Å². The molecule has 1 aliphatic heterocycles. The SMILES string of the molecule is C=C/C=C1/NC(=C/C=C)/C(=C\C=C)S(=O)(=O)/C1=C/C=C. The summed E-state index contributed by atoms with van der Waals surface area (Å²) in [6.07, 6.45) is 12.0. The first-order valence-corrected chi connectivity index (χ1v) is 7.35. The second-order valence-corrected chi connectivity index (χ2v) is 5.68. The standard InChI is InChI=1S/C16H17NO2S/c1-5-9-13-15(11-7-3)20(18,19)16(12-8-4)14(17-13)10-6-2/h5-12,17H,1-4H2/b13-9+,14-10+,15-11+,16-12+. The van der Waals surface area contributed by atoms with E-state index in [4.69, 9.17) is 0 Å². The van der Waals surface area contributed by atoms with Gasteiger partial charge in [-0.05, 0) is 24.3 Å². The number of hydrogen-bond donors (Lipinski definition) is 1. The van der Waals surface area contributed by atoms with Crippen molar-refractivity contribution in [2.24, 2.45) is 0 Å². The van der Waals surface area contributed by atoms with E-state index >= 15 is 0 Å². The van der Waals surface area contributed by atoms with Crippen molar-refractivity contribution in [3.63, 3.8) is 0 Å². The van der Waals surface area contributed by atoms with E-state index in [0.29, 0.717) is 11.4 Å². The molecule has 20 heavy (non-hydrogen) atoms. The van der Waals surface area contributed by atoms with E-state index in [-0.39, 0.29) is 9.81 Å². The molecule has 1 aliphatic rings. The zero-order chi connectivity index (χ0) is 15.2. The fraction of sp³-hybridized carbons (Fsp3) is 0. The number of rotatable bonds is 4. The van der Waals surface area contributed by atoms with Crippen LogP contribution in [-0.4, -0.2) is 8.42 Å². The van der Waals surface area contributed by atoms with Crippen LogP contribution < -0.4 is 5.32 Å². The largest absolute Gasteiger partial charge is 0.353 e. The summed E-state index contributed by atoms with van der Waals surface area (Å²) in [5.74, 6) is 0. The molecule has 1 fully saturated rings. The molecule has 1 heterocycles. The van der Waals surface area contributed by atoms with Gasteiger partial charge in [0.25, 0.3) is 0 Å². The Kier molecular flexibility index (Phi) is 5.29. The molecular formula is C16H17NO2S. The lowest BCUT2D eigenvalue weighted by Crippen LogP contribution is -2.29. The summed E-state index contributed by atoms with van der Waals surface area (Å²) in [7, 11) is -3.65. The van der Waals surface area contributed by atoms with Crippen LogP contribution in [0.15, 0.2) is 96.1 Å². The maximum absolute atomic E-state index is 12.6. The van der Waals surface area contributed by atoms with Gasteiger partial charge in [0.15, 0.2) is 0 Å². The van der Waals surface area contributed by atoms with Crippen molar-refractivity contribution in [2.45, 2.75) is 0 Å². The molecule has 0 unspecified atom stereocenters. The average molecular weight is 287 g/mol. The smallest absolute Gasteiger partial charge is 0.210 e. The Morgan fingerprint density at radius 2 is 1.05 bits per heavy atom. The first kappa shape index (κ1) is 15.7. The second kappa shape index (κ2) is 6.73. The van der Waals surface area contributed by atoms with Crippen LogP contribution in [0.3, 0.4) is 0 Å². The molecule has 0 radical (unpaired) electrons. The summed E-state index contributed by atoms with van der Waals surface area (Å²) in [6.45, 7) is 14.3. The first-order valence-electron chi connectivity index (χ1n) is 5.86. The fourth-order valence-corrected chi connectivity index (χ4v) is 3.34. The molecule has 3 nitrogen and oxygen atoms in total. The van der Waals surface area contributed by atoms with E-state index in [2.05, 4.69) is 31.6 Å². The van der Waals surface area contributed by atoms with Gasteiger partial charge in [0.2, 0.25) is 9.84 Å². The van der Waals surface area contributed by atoms with Gasteiger partial charge in [-0.25, -0.2) is 8.42 Å². The monoisotopic (exact) mass is 287 g/mol. The predicted molar refractivity (Wildman–Crippen MR) is 85.2 cm³/mol. The highest BCUT2D eigenvalue weighted by atomic mass is 32.2. The minimum atomic E-state index is -3.65. The molecule has 0 saturated carbocycles. The molecule has 0 aromatic rings. The molecule has 0 atom stereocenters. The third-order valence-electron chi connectivity index (χ3n) is 2.49. The lowest BCUT2D eigenvalue weighted by molar-refractivity contribution is 0.605. The first-order chi connectivity index (χ1) is 9.52. The molecule has 0 spiro atoms. The van der Waals surface area contributed by atoms with Crippen molar-refractivity contribution in [1.29, 1.82) is 0 Å². The third kappa shape index (κ3) is 2.97. The Bertz CT molecular complexity index is 619. The van der Waals surface area contributed by atoms with Crippen LogP contribution in [0.25, 0.3) is 0 Å². The van der Waals surface area contributed by atoms with Gasteiger partial charge in [0, 0.05) is 0 Å². The maximum Gasteiger partial charge on any atom is 0.210 e. The van der Waals surface area contributed by atoms with E-state index < -0.39 is 9.84 Å². The van der Waals surface area contributed by atoms with Gasteiger partial charge in [-0.2, -0.15) is 0 Å². The number of nitrogens with one attached hydrogen (secondary N) is 1. The number of sulfone groups is 1. The fourth-order valence-electron chi connectivity index (χ4n) is 1.73. The summed E-state index contributed by atoms with van der Waals surface area (Å²) >= 11 is 0. The highest BCUT2D eigenvalue weighted by Crippen LogP contribution is 2.33. The van der Waals surface area contributed by atoms with Crippen LogP contribution in [0.4, 0.5) is 0 Å². The van der Waals surface area contributed by atoms with Crippen molar-refractivity contribution >= 4 is 9.84 Å². The van der Waals surface area contributed by atoms with Crippen LogP contribution in [0.2, 0.25) is 0 Å². The van der Waals surface area contributed by atoms with E-state index in [1.807, 2.05) is 0 Å². The van der Waals surface area contributed by atoms with Gasteiger partial charge in [-0.1, -0.05) is 50.6 Å². The molecule has 0 aliphatic carbocycles. The Morgan fingerprint density at radius 3 is 1.35 bits per heavy atom. The van der Waals surface area contributed by atoms with Gasteiger partial charge in [-0.15, -0.1) is 0 Å². The zero-order valence-corrected chi connectivity index (χ0v) is 12.0. The van der Waals surface area contributed by atoms with Crippen molar-refractivity contribution in [1.82, 2.24) is 5.32 Å². The third-order valence-corrected chi connectivity index (χ3v) is 4.36. The lowest BCUT2D eigenvalue weighted by Gasteiger charge is -2.25. The van der Waals surface area contributed by atoms with Crippen molar-refractivity contribution in [3.05, 3.63) is 96.1 Å². The maximum atomic E-state index is 12.6. The Morgan fingerprint density at radius 1 is 0.700 bits per heavy atom. The average Bonchev–Trinajstić information content (AvgIpc) is 2.39. The number of allylic oxidation sites excluding steroid dienone is 8. The Hall–Kier alpha value is -2.33. The number of hydrogen-bond acceptors (Lipinski definition) is 3. The normalized spacial score (nSPS) is 25.4. The van der Waals surface area contributed by atoms with E-state index in [9.17, 15) is 8.42 Å². The topological polar surface area (TPSA) is 46.2 Å². The van der Waals surface area contributed by atoms with Crippen LogP contribution >= 0.6 is 0 Å². The molecule has 0 bridgehead atoms. The van der Waals surface area contributed by atoms with Crippen LogP contribution in [-0.2, 0) is 9.84 Å². The Balaban J connectivity index is 3.68. The molecule has 0 aromatic heterocycles. The highest BCUT2D eigenvalue weighted by molar-refractivity contribution is 7.99. The van der Waals surface area contributed by atoms with Gasteiger partial charge in [-0.3, -0.25) is 0 Å². The highest BCUT2D eigenvalue weighted by Gasteiger charge is 2.33. The van der Waals surface area contributed by atoms with Gasteiger partial charge in [0.05, 0.1) is 21.2 Å². The van der Waals surface area contributed by atoms with Crippen LogP contribution in [0.1, 0.15) is 0 Å². The van der Waals surface area contributed by atoms with E-state index in [1.165, 1.54) is 36.5 Å². The lowest BCUT2D eigenvalue weighted by atomic mass is 10.2. The zero-order valence-electron chi connectivity index (χ0n) is 11.2. The molecule has 104 valence electrons.